The van der Waals surface area contributed by atoms with Gasteiger partial charge in [-0.3, -0.25) is 14.9 Å². The van der Waals surface area contributed by atoms with Gasteiger partial charge in [-0.2, -0.15) is 0 Å². The van der Waals surface area contributed by atoms with Crippen LogP contribution < -0.4 is 10.2 Å². The second-order valence-electron chi connectivity index (χ2n) is 5.40. The highest BCUT2D eigenvalue weighted by molar-refractivity contribution is 6.31. The van der Waals surface area contributed by atoms with Crippen LogP contribution in [0.4, 0.5) is 5.69 Å². The van der Waals surface area contributed by atoms with Crippen molar-refractivity contribution in [3.05, 3.63) is 28.8 Å². The zero-order chi connectivity index (χ0) is 15.1. The Bertz CT molecular complexity index is 570. The van der Waals surface area contributed by atoms with Gasteiger partial charge in [-0.05, 0) is 38.5 Å². The SMILES string of the molecule is CC(O)c1ccc(N2CC(=O)NC(=O)C2(C)C)cc1Cl. The number of piperazine rings is 1. The number of halogens is 1. The predicted octanol–water partition coefficient (Wildman–Crippen LogP) is 1.63. The van der Waals surface area contributed by atoms with E-state index >= 15 is 0 Å². The Morgan fingerprint density at radius 3 is 2.60 bits per heavy atom. The molecule has 6 heteroatoms. The van der Waals surface area contributed by atoms with Gasteiger partial charge in [0.05, 0.1) is 12.6 Å². The first-order chi connectivity index (χ1) is 9.23. The van der Waals surface area contributed by atoms with Crippen LogP contribution in [0.25, 0.3) is 0 Å². The van der Waals surface area contributed by atoms with E-state index in [2.05, 4.69) is 5.32 Å². The summed E-state index contributed by atoms with van der Waals surface area (Å²) in [5.74, 6) is -0.686. The number of hydrogen-bond acceptors (Lipinski definition) is 4. The lowest BCUT2D eigenvalue weighted by molar-refractivity contribution is -0.135. The third-order valence-electron chi connectivity index (χ3n) is 3.53. The number of nitrogens with one attached hydrogen (secondary N) is 1. The fourth-order valence-electron chi connectivity index (χ4n) is 2.22. The van der Waals surface area contributed by atoms with E-state index in [4.69, 9.17) is 11.6 Å². The molecule has 1 aromatic rings. The highest BCUT2D eigenvalue weighted by Crippen LogP contribution is 2.32. The average Bonchev–Trinajstić information content (AvgIpc) is 2.33. The molecule has 0 aliphatic carbocycles. The number of imide groups is 1. The number of amides is 2. The molecule has 0 aromatic heterocycles. The zero-order valence-electron chi connectivity index (χ0n) is 11.6. The van der Waals surface area contributed by atoms with Crippen molar-refractivity contribution in [3.8, 4) is 0 Å². The molecule has 108 valence electrons. The number of nitrogens with zero attached hydrogens (tertiary/aromatic N) is 1. The monoisotopic (exact) mass is 296 g/mol. The maximum absolute atomic E-state index is 11.9. The van der Waals surface area contributed by atoms with Crippen LogP contribution in [-0.2, 0) is 9.59 Å². The van der Waals surface area contributed by atoms with Crippen molar-refractivity contribution in [2.75, 3.05) is 11.4 Å². The van der Waals surface area contributed by atoms with E-state index < -0.39 is 11.6 Å². The van der Waals surface area contributed by atoms with E-state index in [1.54, 1.807) is 43.9 Å². The van der Waals surface area contributed by atoms with E-state index in [9.17, 15) is 14.7 Å². The van der Waals surface area contributed by atoms with Crippen LogP contribution in [0, 0.1) is 0 Å². The molecule has 20 heavy (non-hydrogen) atoms. The van der Waals surface area contributed by atoms with Gasteiger partial charge < -0.3 is 10.0 Å². The highest BCUT2D eigenvalue weighted by atomic mass is 35.5. The molecule has 2 amide bonds. The van der Waals surface area contributed by atoms with Crippen molar-refractivity contribution in [1.29, 1.82) is 0 Å². The molecule has 2 rings (SSSR count). The van der Waals surface area contributed by atoms with Gasteiger partial charge in [-0.25, -0.2) is 0 Å². The van der Waals surface area contributed by atoms with E-state index in [0.717, 1.165) is 0 Å². The Hall–Kier alpha value is -1.59. The molecule has 1 aliphatic rings. The molecule has 1 unspecified atom stereocenters. The van der Waals surface area contributed by atoms with Crippen molar-refractivity contribution in [2.45, 2.75) is 32.4 Å². The number of benzene rings is 1. The summed E-state index contributed by atoms with van der Waals surface area (Å²) < 4.78 is 0. The van der Waals surface area contributed by atoms with Gasteiger partial charge in [-0.15, -0.1) is 0 Å². The molecule has 0 radical (unpaired) electrons. The number of hydrogen-bond donors (Lipinski definition) is 2. The molecular formula is C14H17ClN2O3. The molecule has 0 spiro atoms. The van der Waals surface area contributed by atoms with Crippen LogP contribution in [0.2, 0.25) is 5.02 Å². The molecule has 1 heterocycles. The van der Waals surface area contributed by atoms with E-state index in [1.165, 1.54) is 0 Å². The molecule has 0 saturated carbocycles. The van der Waals surface area contributed by atoms with E-state index in [1.807, 2.05) is 0 Å². The molecule has 1 saturated heterocycles. The Morgan fingerprint density at radius 1 is 1.40 bits per heavy atom. The third kappa shape index (κ3) is 2.51. The first kappa shape index (κ1) is 14.8. The quantitative estimate of drug-likeness (QED) is 0.814. The Morgan fingerprint density at radius 2 is 2.05 bits per heavy atom. The smallest absolute Gasteiger partial charge is 0.251 e. The van der Waals surface area contributed by atoms with Crippen LogP contribution in [0.3, 0.4) is 0 Å². The zero-order valence-corrected chi connectivity index (χ0v) is 12.4. The molecule has 1 aliphatic heterocycles. The normalized spacial score (nSPS) is 19.8. The largest absolute Gasteiger partial charge is 0.389 e. The topological polar surface area (TPSA) is 69.6 Å². The number of aliphatic hydroxyl groups excluding tert-OH is 1. The summed E-state index contributed by atoms with van der Waals surface area (Å²) in [6.45, 7) is 5.20. The molecule has 1 fully saturated rings. The van der Waals surface area contributed by atoms with Crippen molar-refractivity contribution < 1.29 is 14.7 Å². The molecule has 2 N–H and O–H groups in total. The lowest BCUT2D eigenvalue weighted by Crippen LogP contribution is -2.64. The van der Waals surface area contributed by atoms with Gasteiger partial charge in [0, 0.05) is 10.7 Å². The summed E-state index contributed by atoms with van der Waals surface area (Å²) in [5, 5.41) is 12.3. The van der Waals surface area contributed by atoms with Gasteiger partial charge >= 0.3 is 0 Å². The Balaban J connectivity index is 2.42. The van der Waals surface area contributed by atoms with Crippen molar-refractivity contribution in [3.63, 3.8) is 0 Å². The summed E-state index contributed by atoms with van der Waals surface area (Å²) in [6, 6.07) is 5.12. The minimum atomic E-state index is -0.844. The maximum atomic E-state index is 11.9. The summed E-state index contributed by atoms with van der Waals surface area (Å²) in [4.78, 5) is 25.2. The lowest BCUT2D eigenvalue weighted by Gasteiger charge is -2.41. The van der Waals surface area contributed by atoms with Crippen LogP contribution >= 0.6 is 11.6 Å². The molecular weight excluding hydrogens is 280 g/mol. The Kier molecular flexibility index (Phi) is 3.75. The minimum Gasteiger partial charge on any atom is -0.389 e. The molecule has 5 nitrogen and oxygen atoms in total. The second kappa shape index (κ2) is 5.07. The first-order valence-electron chi connectivity index (χ1n) is 6.33. The molecule has 1 atom stereocenters. The minimum absolute atomic E-state index is 0.0864. The second-order valence-corrected chi connectivity index (χ2v) is 5.81. The van der Waals surface area contributed by atoms with E-state index in [0.29, 0.717) is 16.3 Å². The number of anilines is 1. The molecule has 1 aromatic carbocycles. The van der Waals surface area contributed by atoms with Crippen LogP contribution in [0.15, 0.2) is 18.2 Å². The van der Waals surface area contributed by atoms with Gasteiger partial charge in [0.15, 0.2) is 0 Å². The number of carbonyl (C=O) groups excluding carboxylic acids is 2. The fraction of sp³-hybridized carbons (Fsp3) is 0.429. The predicted molar refractivity (Wildman–Crippen MR) is 76.7 cm³/mol. The average molecular weight is 297 g/mol. The summed E-state index contributed by atoms with van der Waals surface area (Å²) in [5.41, 5.74) is 0.442. The standard InChI is InChI=1S/C14H17ClN2O3/c1-8(18)10-5-4-9(6-11(10)15)17-7-12(19)16-13(20)14(17,2)3/h4-6,8,18H,7H2,1-3H3,(H,16,19,20). The van der Waals surface area contributed by atoms with Gasteiger partial charge in [-0.1, -0.05) is 17.7 Å². The first-order valence-corrected chi connectivity index (χ1v) is 6.70. The van der Waals surface area contributed by atoms with E-state index in [-0.39, 0.29) is 18.4 Å². The summed E-state index contributed by atoms with van der Waals surface area (Å²) >= 11 is 6.14. The fourth-order valence-corrected chi connectivity index (χ4v) is 2.55. The Labute approximate surface area is 122 Å². The van der Waals surface area contributed by atoms with Crippen molar-refractivity contribution in [1.82, 2.24) is 5.32 Å². The van der Waals surface area contributed by atoms with Crippen LogP contribution in [0.5, 0.6) is 0 Å². The third-order valence-corrected chi connectivity index (χ3v) is 3.86. The van der Waals surface area contributed by atoms with Crippen molar-refractivity contribution >= 4 is 29.1 Å². The number of rotatable bonds is 2. The number of carbonyl (C=O) groups is 2. The summed E-state index contributed by atoms with van der Waals surface area (Å²) in [7, 11) is 0. The lowest BCUT2D eigenvalue weighted by atomic mass is 9.97. The summed E-state index contributed by atoms with van der Waals surface area (Å²) in [6.07, 6.45) is -0.671. The van der Waals surface area contributed by atoms with Crippen molar-refractivity contribution in [2.24, 2.45) is 0 Å². The van der Waals surface area contributed by atoms with Gasteiger partial charge in [0.1, 0.15) is 5.54 Å². The van der Waals surface area contributed by atoms with Crippen LogP contribution in [-0.4, -0.2) is 29.0 Å². The maximum Gasteiger partial charge on any atom is 0.251 e. The van der Waals surface area contributed by atoms with Crippen LogP contribution in [0.1, 0.15) is 32.4 Å². The van der Waals surface area contributed by atoms with Gasteiger partial charge in [0.2, 0.25) is 5.91 Å². The van der Waals surface area contributed by atoms with Gasteiger partial charge in [0.25, 0.3) is 5.91 Å². The molecule has 0 bridgehead atoms. The highest BCUT2D eigenvalue weighted by Gasteiger charge is 2.41. The number of aliphatic hydroxyl groups is 1.